The molecule has 0 amide bonds. The van der Waals surface area contributed by atoms with Crippen LogP contribution >= 0.6 is 23.1 Å². The zero-order chi connectivity index (χ0) is 15.5. The van der Waals surface area contributed by atoms with E-state index in [2.05, 4.69) is 9.97 Å². The molecular formula is C15H19N3O2S2. The molecule has 0 atom stereocenters. The predicted octanol–water partition coefficient (Wildman–Crippen LogP) is 3.20. The van der Waals surface area contributed by atoms with Crippen LogP contribution in [0.25, 0.3) is 10.2 Å². The summed E-state index contributed by atoms with van der Waals surface area (Å²) in [6, 6.07) is 0. The Labute approximate surface area is 137 Å². The second-order valence-corrected chi connectivity index (χ2v) is 7.26. The Kier molecular flexibility index (Phi) is 4.83. The van der Waals surface area contributed by atoms with Gasteiger partial charge in [0.2, 0.25) is 0 Å². The first-order valence-corrected chi connectivity index (χ1v) is 9.35. The van der Waals surface area contributed by atoms with Gasteiger partial charge in [0, 0.05) is 4.88 Å². The highest BCUT2D eigenvalue weighted by atomic mass is 32.2. The zero-order valence-corrected chi connectivity index (χ0v) is 14.2. The van der Waals surface area contributed by atoms with Crippen molar-refractivity contribution in [2.24, 2.45) is 0 Å². The molecule has 2 aromatic heterocycles. The summed E-state index contributed by atoms with van der Waals surface area (Å²) in [5, 5.41) is 1.58. The Morgan fingerprint density at radius 1 is 1.32 bits per heavy atom. The first kappa shape index (κ1) is 15.6. The molecule has 0 fully saturated rings. The van der Waals surface area contributed by atoms with Crippen molar-refractivity contribution >= 4 is 45.1 Å². The van der Waals surface area contributed by atoms with E-state index in [1.54, 1.807) is 18.3 Å². The van der Waals surface area contributed by atoms with E-state index in [-0.39, 0.29) is 11.7 Å². The minimum atomic E-state index is -0.253. The summed E-state index contributed by atoms with van der Waals surface area (Å²) in [5.74, 6) is 0.497. The maximum atomic E-state index is 11.4. The van der Waals surface area contributed by atoms with Crippen molar-refractivity contribution in [1.29, 1.82) is 0 Å². The number of nitrogens with zero attached hydrogens (tertiary/aromatic N) is 2. The van der Waals surface area contributed by atoms with Gasteiger partial charge >= 0.3 is 5.97 Å². The number of nitrogens with two attached hydrogens (primary N) is 1. The third-order valence-corrected chi connectivity index (χ3v) is 5.70. The van der Waals surface area contributed by atoms with Crippen LogP contribution in [-0.2, 0) is 22.4 Å². The van der Waals surface area contributed by atoms with Crippen LogP contribution in [0.15, 0.2) is 5.16 Å². The number of carbonyl (C=O) groups is 1. The van der Waals surface area contributed by atoms with Crippen LogP contribution in [0.1, 0.15) is 36.6 Å². The molecule has 0 radical (unpaired) electrons. The number of aryl methyl sites for hydroxylation is 2. The smallest absolute Gasteiger partial charge is 0.316 e. The summed E-state index contributed by atoms with van der Waals surface area (Å²) in [7, 11) is 0. The summed E-state index contributed by atoms with van der Waals surface area (Å²) in [5.41, 5.74) is 7.51. The van der Waals surface area contributed by atoms with Crippen molar-refractivity contribution in [1.82, 2.24) is 9.97 Å². The summed E-state index contributed by atoms with van der Waals surface area (Å²) in [6.07, 6.45) is 5.89. The molecule has 22 heavy (non-hydrogen) atoms. The Morgan fingerprint density at radius 2 is 2.14 bits per heavy atom. The number of anilines is 1. The van der Waals surface area contributed by atoms with Gasteiger partial charge in [0.05, 0.1) is 17.7 Å². The average molecular weight is 337 g/mol. The van der Waals surface area contributed by atoms with Crippen molar-refractivity contribution in [3.05, 3.63) is 10.4 Å². The zero-order valence-electron chi connectivity index (χ0n) is 12.6. The molecule has 2 aromatic rings. The summed E-state index contributed by atoms with van der Waals surface area (Å²) in [4.78, 5) is 22.7. The molecule has 0 saturated heterocycles. The predicted molar refractivity (Wildman–Crippen MR) is 90.4 cm³/mol. The molecule has 1 aliphatic rings. The fourth-order valence-corrected chi connectivity index (χ4v) is 4.71. The van der Waals surface area contributed by atoms with E-state index in [1.165, 1.54) is 41.5 Å². The molecule has 2 N–H and O–H groups in total. The SMILES string of the molecule is CCOC(=O)CSc1nc(N)c2c3c(sc2n1)CCCCC3. The largest absolute Gasteiger partial charge is 0.465 e. The van der Waals surface area contributed by atoms with Crippen LogP contribution in [0.4, 0.5) is 5.82 Å². The number of ether oxygens (including phenoxy) is 1. The second kappa shape index (κ2) is 6.83. The van der Waals surface area contributed by atoms with Gasteiger partial charge in [-0.25, -0.2) is 9.97 Å². The Hall–Kier alpha value is -1.34. The lowest BCUT2D eigenvalue weighted by Crippen LogP contribution is -2.07. The highest BCUT2D eigenvalue weighted by Crippen LogP contribution is 2.37. The highest BCUT2D eigenvalue weighted by Gasteiger charge is 2.19. The number of rotatable bonds is 4. The van der Waals surface area contributed by atoms with Crippen molar-refractivity contribution in [3.63, 3.8) is 0 Å². The number of fused-ring (bicyclic) bond motifs is 3. The van der Waals surface area contributed by atoms with Gasteiger partial charge in [0.15, 0.2) is 5.16 Å². The molecule has 0 saturated carbocycles. The molecule has 0 aromatic carbocycles. The maximum absolute atomic E-state index is 11.4. The first-order chi connectivity index (χ1) is 10.7. The minimum Gasteiger partial charge on any atom is -0.465 e. The van der Waals surface area contributed by atoms with E-state index >= 15 is 0 Å². The van der Waals surface area contributed by atoms with Crippen molar-refractivity contribution in [2.45, 2.75) is 44.2 Å². The van der Waals surface area contributed by atoms with Crippen LogP contribution in [0.3, 0.4) is 0 Å². The Balaban J connectivity index is 1.87. The van der Waals surface area contributed by atoms with Crippen molar-refractivity contribution in [3.8, 4) is 0 Å². The average Bonchev–Trinajstić information content (AvgIpc) is 2.68. The molecule has 5 nitrogen and oxygen atoms in total. The lowest BCUT2D eigenvalue weighted by Gasteiger charge is -2.04. The maximum Gasteiger partial charge on any atom is 0.316 e. The number of carbonyl (C=O) groups excluding carboxylic acids is 1. The number of hydrogen-bond acceptors (Lipinski definition) is 7. The molecule has 118 valence electrons. The number of aromatic nitrogens is 2. The third-order valence-electron chi connectivity index (χ3n) is 3.70. The molecule has 1 aliphatic carbocycles. The molecule has 2 heterocycles. The van der Waals surface area contributed by atoms with Crippen molar-refractivity contribution in [2.75, 3.05) is 18.1 Å². The number of thioether (sulfide) groups is 1. The normalized spacial score (nSPS) is 14.6. The Morgan fingerprint density at radius 3 is 2.95 bits per heavy atom. The Bertz CT molecular complexity index is 700. The van der Waals surface area contributed by atoms with Crippen LogP contribution in [0.5, 0.6) is 0 Å². The molecule has 0 aliphatic heterocycles. The number of nitrogen functional groups attached to an aromatic ring is 1. The van der Waals surface area contributed by atoms with Gasteiger partial charge in [-0.2, -0.15) is 0 Å². The van der Waals surface area contributed by atoms with E-state index in [9.17, 15) is 4.79 Å². The topological polar surface area (TPSA) is 78.1 Å². The van der Waals surface area contributed by atoms with Gasteiger partial charge in [-0.1, -0.05) is 18.2 Å². The second-order valence-electron chi connectivity index (χ2n) is 5.23. The third kappa shape index (κ3) is 3.20. The molecule has 0 unspecified atom stereocenters. The number of esters is 1. The molecule has 3 rings (SSSR count). The quantitative estimate of drug-likeness (QED) is 0.399. The lowest BCUT2D eigenvalue weighted by atomic mass is 10.1. The first-order valence-electron chi connectivity index (χ1n) is 7.55. The standard InChI is InChI=1S/C15H19N3O2S2/c1-2-20-11(19)8-21-15-17-13(16)12-9-6-4-3-5-7-10(9)22-14(12)18-15/h2-8H2,1H3,(H2,16,17,18). The summed E-state index contributed by atoms with van der Waals surface area (Å²) < 4.78 is 4.92. The van der Waals surface area contributed by atoms with Gasteiger partial charge in [-0.3, -0.25) is 4.79 Å². The van der Waals surface area contributed by atoms with Crippen molar-refractivity contribution < 1.29 is 9.53 Å². The van der Waals surface area contributed by atoms with Gasteiger partial charge in [0.1, 0.15) is 10.6 Å². The van der Waals surface area contributed by atoms with Gasteiger partial charge in [-0.05, 0) is 38.2 Å². The van der Waals surface area contributed by atoms with Gasteiger partial charge < -0.3 is 10.5 Å². The molecule has 0 bridgehead atoms. The summed E-state index contributed by atoms with van der Waals surface area (Å²) >= 11 is 3.00. The van der Waals surface area contributed by atoms with Crippen LogP contribution in [-0.4, -0.2) is 28.3 Å². The summed E-state index contributed by atoms with van der Waals surface area (Å²) in [6.45, 7) is 2.18. The van der Waals surface area contributed by atoms with Gasteiger partial charge in [-0.15, -0.1) is 11.3 Å². The van der Waals surface area contributed by atoms with Crippen LogP contribution in [0, 0.1) is 0 Å². The number of hydrogen-bond donors (Lipinski definition) is 1. The van der Waals surface area contributed by atoms with E-state index in [0.717, 1.165) is 23.1 Å². The molecule has 0 spiro atoms. The van der Waals surface area contributed by atoms with Gasteiger partial charge in [0.25, 0.3) is 0 Å². The van der Waals surface area contributed by atoms with E-state index < -0.39 is 0 Å². The van der Waals surface area contributed by atoms with E-state index in [0.29, 0.717) is 17.6 Å². The fourth-order valence-electron chi connectivity index (χ4n) is 2.73. The fraction of sp³-hybridized carbons (Fsp3) is 0.533. The molecular weight excluding hydrogens is 318 g/mol. The monoisotopic (exact) mass is 337 g/mol. The number of thiophene rings is 1. The molecule has 7 heteroatoms. The van der Waals surface area contributed by atoms with Crippen LogP contribution < -0.4 is 5.73 Å². The van der Waals surface area contributed by atoms with Crippen LogP contribution in [0.2, 0.25) is 0 Å². The lowest BCUT2D eigenvalue weighted by molar-refractivity contribution is -0.139. The highest BCUT2D eigenvalue weighted by molar-refractivity contribution is 7.99. The minimum absolute atomic E-state index is 0.212. The van der Waals surface area contributed by atoms with E-state index in [4.69, 9.17) is 10.5 Å². The van der Waals surface area contributed by atoms with E-state index in [1.807, 2.05) is 0 Å².